The molecule has 0 fully saturated rings. The molecule has 0 radical (unpaired) electrons. The maximum Gasteiger partial charge on any atom is 0.225 e. The number of fused-ring (bicyclic) bond motifs is 1. The SMILES string of the molecule is O=C(CCCc1c[nH]c2ccccc12)Nc1nn(Cc2ccc(Cl)c(Cl)c2)cc1Br. The van der Waals surface area contributed by atoms with Gasteiger partial charge in [-0.2, -0.15) is 5.10 Å². The molecule has 154 valence electrons. The lowest BCUT2D eigenvalue weighted by atomic mass is 10.1. The van der Waals surface area contributed by atoms with Crippen LogP contribution in [-0.2, 0) is 17.8 Å². The molecule has 5 nitrogen and oxygen atoms in total. The van der Waals surface area contributed by atoms with Gasteiger partial charge >= 0.3 is 0 Å². The van der Waals surface area contributed by atoms with E-state index in [2.05, 4.69) is 43.5 Å². The Kier molecular flexibility index (Phi) is 6.46. The Labute approximate surface area is 192 Å². The Morgan fingerprint density at radius 3 is 2.83 bits per heavy atom. The quantitative estimate of drug-likeness (QED) is 0.303. The fraction of sp³-hybridized carbons (Fsp3) is 0.182. The molecule has 4 rings (SSSR count). The van der Waals surface area contributed by atoms with Gasteiger partial charge in [-0.1, -0.05) is 47.5 Å². The summed E-state index contributed by atoms with van der Waals surface area (Å²) in [5.74, 6) is 0.447. The van der Waals surface area contributed by atoms with E-state index in [1.165, 1.54) is 10.9 Å². The second-order valence-corrected chi connectivity index (χ2v) is 8.70. The number of amides is 1. The fourth-order valence-corrected chi connectivity index (χ4v) is 4.10. The van der Waals surface area contributed by atoms with Crippen molar-refractivity contribution in [2.45, 2.75) is 25.8 Å². The zero-order chi connectivity index (χ0) is 21.1. The summed E-state index contributed by atoms with van der Waals surface area (Å²) < 4.78 is 2.47. The summed E-state index contributed by atoms with van der Waals surface area (Å²) >= 11 is 15.5. The Morgan fingerprint density at radius 2 is 2.00 bits per heavy atom. The van der Waals surface area contributed by atoms with Crippen LogP contribution in [-0.4, -0.2) is 20.7 Å². The van der Waals surface area contributed by atoms with Gasteiger partial charge < -0.3 is 10.3 Å². The van der Waals surface area contributed by atoms with Gasteiger partial charge in [0, 0.05) is 29.7 Å². The van der Waals surface area contributed by atoms with E-state index < -0.39 is 0 Å². The van der Waals surface area contributed by atoms with Gasteiger partial charge in [0.25, 0.3) is 0 Å². The molecule has 0 aliphatic carbocycles. The van der Waals surface area contributed by atoms with Crippen LogP contribution in [0.25, 0.3) is 10.9 Å². The van der Waals surface area contributed by atoms with Gasteiger partial charge in [-0.3, -0.25) is 9.48 Å². The lowest BCUT2D eigenvalue weighted by Gasteiger charge is -2.04. The summed E-state index contributed by atoms with van der Waals surface area (Å²) in [5.41, 5.74) is 3.31. The van der Waals surface area contributed by atoms with Crippen molar-refractivity contribution in [1.82, 2.24) is 14.8 Å². The van der Waals surface area contributed by atoms with Gasteiger partial charge in [0.1, 0.15) is 0 Å². The van der Waals surface area contributed by atoms with Gasteiger partial charge in [0.05, 0.1) is 21.1 Å². The van der Waals surface area contributed by atoms with E-state index in [4.69, 9.17) is 23.2 Å². The summed E-state index contributed by atoms with van der Waals surface area (Å²) in [4.78, 5) is 15.7. The molecule has 0 saturated carbocycles. The highest BCUT2D eigenvalue weighted by atomic mass is 79.9. The Bertz CT molecular complexity index is 1200. The summed E-state index contributed by atoms with van der Waals surface area (Å²) in [6.45, 7) is 0.520. The maximum absolute atomic E-state index is 12.4. The van der Waals surface area contributed by atoms with Crippen molar-refractivity contribution < 1.29 is 4.79 Å². The number of carbonyl (C=O) groups is 1. The average molecular weight is 506 g/mol. The first-order chi connectivity index (χ1) is 14.5. The molecular formula is C22H19BrCl2N4O. The first-order valence-corrected chi connectivity index (χ1v) is 11.1. The van der Waals surface area contributed by atoms with Crippen LogP contribution in [0, 0.1) is 0 Å². The number of rotatable bonds is 7. The molecule has 0 spiro atoms. The predicted octanol–water partition coefficient (Wildman–Crippen LogP) is 6.44. The van der Waals surface area contributed by atoms with Crippen LogP contribution in [0.4, 0.5) is 5.82 Å². The highest BCUT2D eigenvalue weighted by Crippen LogP contribution is 2.25. The van der Waals surface area contributed by atoms with Crippen LogP contribution in [0.3, 0.4) is 0 Å². The number of nitrogens with zero attached hydrogens (tertiary/aromatic N) is 2. The molecule has 0 saturated heterocycles. The standard InChI is InChI=1S/C22H19BrCl2N4O/c23-17-13-29(12-14-8-9-18(24)19(25)10-14)28-22(17)27-21(30)7-3-4-15-11-26-20-6-2-1-5-16(15)20/h1-2,5-6,8-11,13,26H,3-4,7,12H2,(H,27,28,30). The van der Waals surface area contributed by atoms with Crippen molar-refractivity contribution >= 4 is 61.8 Å². The maximum atomic E-state index is 12.4. The van der Waals surface area contributed by atoms with Crippen molar-refractivity contribution in [2.75, 3.05) is 5.32 Å². The van der Waals surface area contributed by atoms with Crippen LogP contribution in [0.5, 0.6) is 0 Å². The summed E-state index contributed by atoms with van der Waals surface area (Å²) in [6.07, 6.45) is 5.86. The zero-order valence-corrected chi connectivity index (χ0v) is 19.1. The lowest BCUT2D eigenvalue weighted by Crippen LogP contribution is -2.13. The number of para-hydroxylation sites is 1. The van der Waals surface area contributed by atoms with Gasteiger partial charge in [0.15, 0.2) is 5.82 Å². The largest absolute Gasteiger partial charge is 0.361 e. The zero-order valence-electron chi connectivity index (χ0n) is 16.0. The molecule has 4 aromatic rings. The lowest BCUT2D eigenvalue weighted by molar-refractivity contribution is -0.116. The normalized spacial score (nSPS) is 11.2. The molecule has 0 unspecified atom stereocenters. The van der Waals surface area contributed by atoms with Gasteiger partial charge in [0.2, 0.25) is 5.91 Å². The molecule has 0 bridgehead atoms. The Hall–Kier alpha value is -2.28. The molecule has 2 heterocycles. The number of carbonyl (C=O) groups excluding carboxylic acids is 1. The molecule has 2 aromatic carbocycles. The molecule has 0 aliphatic rings. The van der Waals surface area contributed by atoms with Crippen LogP contribution in [0.1, 0.15) is 24.0 Å². The summed E-state index contributed by atoms with van der Waals surface area (Å²) in [6, 6.07) is 13.6. The van der Waals surface area contributed by atoms with E-state index in [0.29, 0.717) is 28.8 Å². The predicted molar refractivity (Wildman–Crippen MR) is 125 cm³/mol. The number of hydrogen-bond acceptors (Lipinski definition) is 2. The van der Waals surface area contributed by atoms with Crippen LogP contribution in [0.15, 0.2) is 59.3 Å². The van der Waals surface area contributed by atoms with Gasteiger partial charge in [-0.15, -0.1) is 0 Å². The minimum absolute atomic E-state index is 0.0599. The van der Waals surface area contributed by atoms with E-state index in [1.807, 2.05) is 36.7 Å². The molecule has 2 N–H and O–H groups in total. The summed E-state index contributed by atoms with van der Waals surface area (Å²) in [7, 11) is 0. The Balaban J connectivity index is 1.32. The summed E-state index contributed by atoms with van der Waals surface area (Å²) in [5, 5.41) is 9.56. The first-order valence-electron chi connectivity index (χ1n) is 9.51. The molecule has 0 aliphatic heterocycles. The van der Waals surface area contributed by atoms with Gasteiger partial charge in [-0.25, -0.2) is 0 Å². The van der Waals surface area contributed by atoms with Crippen molar-refractivity contribution in [3.63, 3.8) is 0 Å². The molecular weight excluding hydrogens is 487 g/mol. The van der Waals surface area contributed by atoms with E-state index >= 15 is 0 Å². The second-order valence-electron chi connectivity index (χ2n) is 7.03. The molecule has 30 heavy (non-hydrogen) atoms. The van der Waals surface area contributed by atoms with Crippen LogP contribution >= 0.6 is 39.1 Å². The smallest absolute Gasteiger partial charge is 0.225 e. The van der Waals surface area contributed by atoms with E-state index in [1.54, 1.807) is 10.7 Å². The topological polar surface area (TPSA) is 62.7 Å². The Morgan fingerprint density at radius 1 is 1.17 bits per heavy atom. The number of aryl methyl sites for hydroxylation is 1. The second kappa shape index (κ2) is 9.25. The molecule has 8 heteroatoms. The number of aromatic amines is 1. The van der Waals surface area contributed by atoms with Crippen molar-refractivity contribution in [1.29, 1.82) is 0 Å². The monoisotopic (exact) mass is 504 g/mol. The fourth-order valence-electron chi connectivity index (χ4n) is 3.36. The highest BCUT2D eigenvalue weighted by molar-refractivity contribution is 9.10. The third kappa shape index (κ3) is 4.89. The van der Waals surface area contributed by atoms with E-state index in [9.17, 15) is 4.79 Å². The molecule has 1 amide bonds. The highest BCUT2D eigenvalue weighted by Gasteiger charge is 2.12. The van der Waals surface area contributed by atoms with Crippen molar-refractivity contribution in [2.24, 2.45) is 0 Å². The first kappa shape index (κ1) is 21.0. The number of hydrogen-bond donors (Lipinski definition) is 2. The third-order valence-corrected chi connectivity index (χ3v) is 6.15. The van der Waals surface area contributed by atoms with Crippen molar-refractivity contribution in [3.05, 3.63) is 80.5 Å². The minimum atomic E-state index is -0.0599. The molecule has 2 aromatic heterocycles. The van der Waals surface area contributed by atoms with E-state index in [0.717, 1.165) is 28.4 Å². The number of anilines is 1. The van der Waals surface area contributed by atoms with Crippen molar-refractivity contribution in [3.8, 4) is 0 Å². The minimum Gasteiger partial charge on any atom is -0.361 e. The number of H-pyrrole nitrogens is 1. The average Bonchev–Trinajstić information content (AvgIpc) is 3.28. The number of nitrogens with one attached hydrogen (secondary N) is 2. The third-order valence-electron chi connectivity index (χ3n) is 4.83. The number of benzene rings is 2. The van der Waals surface area contributed by atoms with Crippen LogP contribution in [0.2, 0.25) is 10.0 Å². The van der Waals surface area contributed by atoms with Crippen LogP contribution < -0.4 is 5.32 Å². The number of halogens is 3. The van der Waals surface area contributed by atoms with E-state index in [-0.39, 0.29) is 5.91 Å². The van der Waals surface area contributed by atoms with Gasteiger partial charge in [-0.05, 0) is 58.1 Å². The number of aromatic nitrogens is 3. The molecule has 0 atom stereocenters.